The molecule has 1 saturated heterocycles. The van der Waals surface area contributed by atoms with Gasteiger partial charge >= 0.3 is 0 Å². The van der Waals surface area contributed by atoms with Crippen molar-refractivity contribution < 1.29 is 0 Å². The van der Waals surface area contributed by atoms with E-state index >= 15 is 0 Å². The minimum Gasteiger partial charge on any atom is -0.362 e. The van der Waals surface area contributed by atoms with Crippen LogP contribution in [0.4, 0.5) is 5.13 Å². The van der Waals surface area contributed by atoms with Crippen LogP contribution in [-0.4, -0.2) is 54.1 Å². The van der Waals surface area contributed by atoms with Gasteiger partial charge in [0.15, 0.2) is 5.13 Å². The molecule has 2 heterocycles. The van der Waals surface area contributed by atoms with Crippen molar-refractivity contribution in [2.45, 2.75) is 32.9 Å². The van der Waals surface area contributed by atoms with Gasteiger partial charge in [0.05, 0.1) is 0 Å². The van der Waals surface area contributed by atoms with Crippen molar-refractivity contribution >= 4 is 16.5 Å². The Morgan fingerprint density at radius 2 is 2.28 bits per heavy atom. The topological polar surface area (TPSA) is 31.4 Å². The van der Waals surface area contributed by atoms with Crippen LogP contribution in [0.15, 0.2) is 6.20 Å². The second-order valence-corrected chi connectivity index (χ2v) is 6.06. The van der Waals surface area contributed by atoms with Gasteiger partial charge in [-0.1, -0.05) is 6.92 Å². The summed E-state index contributed by atoms with van der Waals surface area (Å²) in [6, 6.07) is 0.708. The van der Waals surface area contributed by atoms with E-state index in [1.165, 1.54) is 30.9 Å². The average Bonchev–Trinajstić information content (AvgIpc) is 2.80. The zero-order valence-corrected chi connectivity index (χ0v) is 12.5. The fourth-order valence-corrected chi connectivity index (χ4v) is 3.35. The predicted octanol–water partition coefficient (Wildman–Crippen LogP) is 2.10. The zero-order chi connectivity index (χ0) is 13.0. The summed E-state index contributed by atoms with van der Waals surface area (Å²) in [4.78, 5) is 10.8. The highest BCUT2D eigenvalue weighted by Gasteiger charge is 2.23. The van der Waals surface area contributed by atoms with Crippen LogP contribution in [0, 0.1) is 0 Å². The molecule has 0 aromatic carbocycles. The molecule has 0 saturated carbocycles. The summed E-state index contributed by atoms with van der Waals surface area (Å²) in [6.45, 7) is 9.90. The molecule has 0 radical (unpaired) electrons. The molecule has 5 heteroatoms. The summed E-state index contributed by atoms with van der Waals surface area (Å²) in [5.74, 6) is 0. The maximum absolute atomic E-state index is 4.40. The van der Waals surface area contributed by atoms with Gasteiger partial charge in [0.1, 0.15) is 0 Å². The monoisotopic (exact) mass is 268 g/mol. The number of rotatable bonds is 5. The van der Waals surface area contributed by atoms with Crippen molar-refractivity contribution in [3.05, 3.63) is 11.1 Å². The highest BCUT2D eigenvalue weighted by molar-refractivity contribution is 7.15. The molecule has 0 spiro atoms. The van der Waals surface area contributed by atoms with Crippen LogP contribution in [0.25, 0.3) is 0 Å². The van der Waals surface area contributed by atoms with Crippen LogP contribution in [-0.2, 0) is 6.54 Å². The molecule has 4 nitrogen and oxygen atoms in total. The Bertz CT molecular complexity index is 366. The zero-order valence-electron chi connectivity index (χ0n) is 11.6. The first-order chi connectivity index (χ1) is 8.72. The third-order valence-electron chi connectivity index (χ3n) is 3.59. The molecule has 1 aliphatic rings. The molecule has 1 aromatic rings. The Morgan fingerprint density at radius 3 is 3.00 bits per heavy atom. The van der Waals surface area contributed by atoms with Crippen LogP contribution >= 0.6 is 11.3 Å². The Kier molecular flexibility index (Phi) is 4.97. The number of hydrogen-bond donors (Lipinski definition) is 1. The summed E-state index contributed by atoms with van der Waals surface area (Å²) in [5.41, 5.74) is 0. The lowest BCUT2D eigenvalue weighted by Crippen LogP contribution is -2.50. The van der Waals surface area contributed by atoms with Crippen molar-refractivity contribution in [2.75, 3.05) is 38.5 Å². The summed E-state index contributed by atoms with van der Waals surface area (Å²) >= 11 is 1.78. The Hall–Kier alpha value is -0.650. The van der Waals surface area contributed by atoms with Gasteiger partial charge in [-0.25, -0.2) is 4.98 Å². The van der Waals surface area contributed by atoms with E-state index in [4.69, 9.17) is 0 Å². The van der Waals surface area contributed by atoms with E-state index < -0.39 is 0 Å². The molecule has 0 aliphatic carbocycles. The van der Waals surface area contributed by atoms with Crippen LogP contribution in [0.5, 0.6) is 0 Å². The molecule has 18 heavy (non-hydrogen) atoms. The van der Waals surface area contributed by atoms with E-state index in [0.29, 0.717) is 6.04 Å². The molecule has 0 amide bonds. The molecule has 1 atom stereocenters. The van der Waals surface area contributed by atoms with Gasteiger partial charge in [0.25, 0.3) is 0 Å². The normalized spacial score (nSPS) is 22.3. The standard InChI is InChI=1S/C13H24N4S/c1-4-11-9-17(7-6-16(11)3)10-12-8-15-13(18-12)14-5-2/h8,11H,4-7,9-10H2,1-3H3,(H,14,15). The van der Waals surface area contributed by atoms with Gasteiger partial charge in [0, 0.05) is 49.8 Å². The number of nitrogens with zero attached hydrogens (tertiary/aromatic N) is 3. The van der Waals surface area contributed by atoms with E-state index in [1.807, 2.05) is 6.20 Å². The first-order valence-electron chi connectivity index (χ1n) is 6.84. The van der Waals surface area contributed by atoms with E-state index in [0.717, 1.165) is 18.2 Å². The smallest absolute Gasteiger partial charge is 0.182 e. The van der Waals surface area contributed by atoms with Gasteiger partial charge in [-0.05, 0) is 20.4 Å². The summed E-state index contributed by atoms with van der Waals surface area (Å²) in [6.07, 6.45) is 3.25. The SMILES string of the molecule is CCNc1ncc(CN2CCN(C)C(CC)C2)s1. The molecule has 1 N–H and O–H groups in total. The number of hydrogen-bond acceptors (Lipinski definition) is 5. The Labute approximate surface area is 114 Å². The second kappa shape index (κ2) is 6.50. The minimum atomic E-state index is 0.708. The van der Waals surface area contributed by atoms with Crippen molar-refractivity contribution in [1.29, 1.82) is 0 Å². The Balaban J connectivity index is 1.88. The number of thiazole rings is 1. The van der Waals surface area contributed by atoms with Crippen LogP contribution in [0.2, 0.25) is 0 Å². The molecule has 102 valence electrons. The quantitative estimate of drug-likeness (QED) is 0.886. The van der Waals surface area contributed by atoms with E-state index in [9.17, 15) is 0 Å². The minimum absolute atomic E-state index is 0.708. The molecule has 1 fully saturated rings. The molecule has 1 aliphatic heterocycles. The second-order valence-electron chi connectivity index (χ2n) is 4.94. The molecular weight excluding hydrogens is 244 g/mol. The predicted molar refractivity (Wildman–Crippen MR) is 78.3 cm³/mol. The highest BCUT2D eigenvalue weighted by atomic mass is 32.1. The van der Waals surface area contributed by atoms with Gasteiger partial charge in [-0.15, -0.1) is 11.3 Å². The van der Waals surface area contributed by atoms with Crippen molar-refractivity contribution in [3.8, 4) is 0 Å². The van der Waals surface area contributed by atoms with Gasteiger partial charge in [-0.2, -0.15) is 0 Å². The third kappa shape index (κ3) is 3.43. The average molecular weight is 268 g/mol. The maximum atomic E-state index is 4.40. The summed E-state index contributed by atoms with van der Waals surface area (Å²) < 4.78 is 0. The molecule has 1 aromatic heterocycles. The molecule has 2 rings (SSSR count). The van der Waals surface area contributed by atoms with Gasteiger partial charge in [0.2, 0.25) is 0 Å². The number of likely N-dealkylation sites (N-methyl/N-ethyl adjacent to an activating group) is 1. The summed E-state index contributed by atoms with van der Waals surface area (Å²) in [5, 5.41) is 4.32. The van der Waals surface area contributed by atoms with Gasteiger partial charge in [-0.3, -0.25) is 4.90 Å². The van der Waals surface area contributed by atoms with E-state index in [-0.39, 0.29) is 0 Å². The number of piperazine rings is 1. The van der Waals surface area contributed by atoms with Crippen LogP contribution in [0.3, 0.4) is 0 Å². The maximum Gasteiger partial charge on any atom is 0.182 e. The van der Waals surface area contributed by atoms with Crippen LogP contribution in [0.1, 0.15) is 25.1 Å². The largest absolute Gasteiger partial charge is 0.362 e. The molecule has 0 bridgehead atoms. The first-order valence-corrected chi connectivity index (χ1v) is 7.65. The summed E-state index contributed by atoms with van der Waals surface area (Å²) in [7, 11) is 2.24. The van der Waals surface area contributed by atoms with Gasteiger partial charge < -0.3 is 10.2 Å². The lowest BCUT2D eigenvalue weighted by molar-refractivity contribution is 0.0890. The van der Waals surface area contributed by atoms with Crippen molar-refractivity contribution in [3.63, 3.8) is 0 Å². The Morgan fingerprint density at radius 1 is 1.44 bits per heavy atom. The number of nitrogens with one attached hydrogen (secondary N) is 1. The fourth-order valence-electron chi connectivity index (χ4n) is 2.43. The number of anilines is 1. The van der Waals surface area contributed by atoms with Crippen molar-refractivity contribution in [1.82, 2.24) is 14.8 Å². The van der Waals surface area contributed by atoms with Crippen molar-refractivity contribution in [2.24, 2.45) is 0 Å². The van der Waals surface area contributed by atoms with E-state index in [2.05, 4.69) is 41.0 Å². The molecular formula is C13H24N4S. The molecule has 1 unspecified atom stereocenters. The van der Waals surface area contributed by atoms with Crippen LogP contribution < -0.4 is 5.32 Å². The van der Waals surface area contributed by atoms with E-state index in [1.54, 1.807) is 11.3 Å². The third-order valence-corrected chi connectivity index (χ3v) is 4.53. The highest BCUT2D eigenvalue weighted by Crippen LogP contribution is 2.21. The number of aromatic nitrogens is 1. The lowest BCUT2D eigenvalue weighted by Gasteiger charge is -2.38. The first kappa shape index (κ1) is 13.8. The fraction of sp³-hybridized carbons (Fsp3) is 0.769. The lowest BCUT2D eigenvalue weighted by atomic mass is 10.1.